The topological polar surface area (TPSA) is 55.4 Å². The van der Waals surface area contributed by atoms with Crippen LogP contribution in [0.3, 0.4) is 0 Å². The van der Waals surface area contributed by atoms with Crippen molar-refractivity contribution in [1.82, 2.24) is 4.72 Å². The fourth-order valence-corrected chi connectivity index (χ4v) is 2.88. The summed E-state index contributed by atoms with van der Waals surface area (Å²) in [6.45, 7) is 2.07. The van der Waals surface area contributed by atoms with Gasteiger partial charge in [0.2, 0.25) is 10.0 Å². The van der Waals surface area contributed by atoms with Gasteiger partial charge in [-0.05, 0) is 24.6 Å². The smallest absolute Gasteiger partial charge is 0.211 e. The Bertz CT molecular complexity index is 474. The van der Waals surface area contributed by atoms with Crippen molar-refractivity contribution in [3.8, 4) is 5.75 Å². The van der Waals surface area contributed by atoms with E-state index in [9.17, 15) is 8.42 Å². The number of halogens is 1. The van der Waals surface area contributed by atoms with Crippen molar-refractivity contribution in [3.63, 3.8) is 0 Å². The average Bonchev–Trinajstić information content (AvgIpc) is 2.27. The molecule has 1 N–H and O–H groups in total. The normalized spacial score (nSPS) is 11.5. The zero-order valence-corrected chi connectivity index (χ0v) is 12.3. The number of hydrogen-bond acceptors (Lipinski definition) is 3. The molecule has 0 aliphatic rings. The number of nitrogens with one attached hydrogen (secondary N) is 1. The first kappa shape index (κ1) is 14.5. The van der Waals surface area contributed by atoms with E-state index < -0.39 is 10.0 Å². The van der Waals surface area contributed by atoms with Crippen LogP contribution in [0.1, 0.15) is 18.9 Å². The molecule has 1 aromatic rings. The minimum absolute atomic E-state index is 0.142. The van der Waals surface area contributed by atoms with E-state index >= 15 is 0 Å². The molecule has 0 amide bonds. The second kappa shape index (κ2) is 6.37. The van der Waals surface area contributed by atoms with Crippen LogP contribution >= 0.6 is 15.9 Å². The van der Waals surface area contributed by atoms with E-state index in [1.807, 2.05) is 19.1 Å². The Morgan fingerprint density at radius 2 is 2.12 bits per heavy atom. The number of hydrogen-bond donors (Lipinski definition) is 1. The predicted molar refractivity (Wildman–Crippen MR) is 71.6 cm³/mol. The van der Waals surface area contributed by atoms with Crippen molar-refractivity contribution >= 4 is 26.0 Å². The zero-order valence-electron chi connectivity index (χ0n) is 9.86. The zero-order chi connectivity index (χ0) is 12.9. The first-order valence-corrected chi connectivity index (χ1v) is 7.72. The monoisotopic (exact) mass is 321 g/mol. The van der Waals surface area contributed by atoms with Crippen LogP contribution in [0, 0.1) is 0 Å². The van der Waals surface area contributed by atoms with Gasteiger partial charge in [0.1, 0.15) is 5.75 Å². The van der Waals surface area contributed by atoms with Crippen LogP contribution in [-0.4, -0.2) is 21.3 Å². The molecule has 6 heteroatoms. The van der Waals surface area contributed by atoms with Crippen molar-refractivity contribution in [3.05, 3.63) is 28.2 Å². The molecule has 0 heterocycles. The summed E-state index contributed by atoms with van der Waals surface area (Å²) in [6.07, 6.45) is 0.602. The van der Waals surface area contributed by atoms with E-state index in [1.165, 1.54) is 0 Å². The first-order chi connectivity index (χ1) is 7.98. The molecule has 0 saturated heterocycles. The molecule has 1 rings (SSSR count). The Labute approximate surface area is 111 Å². The maximum absolute atomic E-state index is 11.5. The summed E-state index contributed by atoms with van der Waals surface area (Å²) in [5.41, 5.74) is 0.807. The highest BCUT2D eigenvalue weighted by atomic mass is 79.9. The number of methoxy groups -OCH3 is 1. The Kier molecular flexibility index (Phi) is 5.42. The molecule has 96 valence electrons. The van der Waals surface area contributed by atoms with Crippen molar-refractivity contribution in [2.75, 3.05) is 12.9 Å². The lowest BCUT2D eigenvalue weighted by Gasteiger charge is -2.10. The number of benzene rings is 1. The molecule has 0 aromatic heterocycles. The van der Waals surface area contributed by atoms with Gasteiger partial charge in [-0.15, -0.1) is 0 Å². The molecular weight excluding hydrogens is 306 g/mol. The van der Waals surface area contributed by atoms with E-state index in [1.54, 1.807) is 13.2 Å². The van der Waals surface area contributed by atoms with Gasteiger partial charge in [0, 0.05) is 16.6 Å². The van der Waals surface area contributed by atoms with E-state index in [0.29, 0.717) is 12.2 Å². The quantitative estimate of drug-likeness (QED) is 0.874. The molecule has 0 saturated carbocycles. The third-order valence-electron chi connectivity index (χ3n) is 2.20. The van der Waals surface area contributed by atoms with Crippen molar-refractivity contribution < 1.29 is 13.2 Å². The molecule has 4 nitrogen and oxygen atoms in total. The molecule has 0 radical (unpaired) electrons. The largest absolute Gasteiger partial charge is 0.496 e. The Hall–Kier alpha value is -0.590. The van der Waals surface area contributed by atoms with Gasteiger partial charge < -0.3 is 4.74 Å². The van der Waals surface area contributed by atoms with Gasteiger partial charge in [0.05, 0.1) is 12.9 Å². The highest BCUT2D eigenvalue weighted by Gasteiger charge is 2.10. The van der Waals surface area contributed by atoms with E-state index in [2.05, 4.69) is 20.7 Å². The minimum Gasteiger partial charge on any atom is -0.496 e. The molecule has 0 unspecified atom stereocenters. The van der Waals surface area contributed by atoms with Gasteiger partial charge in [0.25, 0.3) is 0 Å². The Morgan fingerprint density at radius 3 is 2.71 bits per heavy atom. The fourth-order valence-electron chi connectivity index (χ4n) is 1.41. The van der Waals surface area contributed by atoms with Gasteiger partial charge in [-0.25, -0.2) is 13.1 Å². The van der Waals surface area contributed by atoms with E-state index in [0.717, 1.165) is 10.0 Å². The maximum Gasteiger partial charge on any atom is 0.211 e. The van der Waals surface area contributed by atoms with E-state index in [-0.39, 0.29) is 12.3 Å². The van der Waals surface area contributed by atoms with Crippen LogP contribution in [0.4, 0.5) is 0 Å². The Balaban J connectivity index is 2.78. The molecule has 0 fully saturated rings. The average molecular weight is 322 g/mol. The maximum atomic E-state index is 11.5. The lowest BCUT2D eigenvalue weighted by Crippen LogP contribution is -2.25. The van der Waals surface area contributed by atoms with Gasteiger partial charge in [-0.2, -0.15) is 0 Å². The van der Waals surface area contributed by atoms with Crippen LogP contribution in [0.15, 0.2) is 22.7 Å². The third-order valence-corrected chi connectivity index (χ3v) is 4.22. The second-order valence-electron chi connectivity index (χ2n) is 3.60. The summed E-state index contributed by atoms with van der Waals surface area (Å²) in [5.74, 6) is 0.816. The summed E-state index contributed by atoms with van der Waals surface area (Å²) < 4.78 is 31.7. The van der Waals surface area contributed by atoms with Crippen LogP contribution in [-0.2, 0) is 16.6 Å². The van der Waals surface area contributed by atoms with Gasteiger partial charge in [-0.3, -0.25) is 0 Å². The lowest BCUT2D eigenvalue weighted by molar-refractivity contribution is 0.409. The number of sulfonamides is 1. The van der Waals surface area contributed by atoms with Crippen LogP contribution in [0.2, 0.25) is 0 Å². The summed E-state index contributed by atoms with van der Waals surface area (Å²) in [6, 6.07) is 5.49. The number of ether oxygens (including phenoxy) is 1. The van der Waals surface area contributed by atoms with Crippen LogP contribution < -0.4 is 9.46 Å². The molecule has 17 heavy (non-hydrogen) atoms. The van der Waals surface area contributed by atoms with E-state index in [4.69, 9.17) is 4.74 Å². The fraction of sp³-hybridized carbons (Fsp3) is 0.455. The van der Waals surface area contributed by atoms with Gasteiger partial charge in [-0.1, -0.05) is 22.9 Å². The second-order valence-corrected chi connectivity index (χ2v) is 6.44. The SMILES string of the molecule is CCCS(=O)(=O)NCc1cc(Br)ccc1OC. The summed E-state index contributed by atoms with van der Waals surface area (Å²) in [4.78, 5) is 0. The summed E-state index contributed by atoms with van der Waals surface area (Å²) in [5, 5.41) is 0. The van der Waals surface area contributed by atoms with Crippen molar-refractivity contribution in [2.24, 2.45) is 0 Å². The predicted octanol–water partition coefficient (Wildman–Crippen LogP) is 2.29. The van der Waals surface area contributed by atoms with Gasteiger partial charge >= 0.3 is 0 Å². The third kappa shape index (κ3) is 4.65. The van der Waals surface area contributed by atoms with Crippen molar-refractivity contribution in [2.45, 2.75) is 19.9 Å². The summed E-state index contributed by atoms with van der Waals surface area (Å²) >= 11 is 3.34. The summed E-state index contributed by atoms with van der Waals surface area (Å²) in [7, 11) is -1.63. The molecule has 0 spiro atoms. The highest BCUT2D eigenvalue weighted by Crippen LogP contribution is 2.22. The molecule has 0 aliphatic carbocycles. The Morgan fingerprint density at radius 1 is 1.41 bits per heavy atom. The molecule has 1 aromatic carbocycles. The molecular formula is C11H16BrNO3S. The standard InChI is InChI=1S/C11H16BrNO3S/c1-3-6-17(14,15)13-8-9-7-10(12)4-5-11(9)16-2/h4-5,7,13H,3,6,8H2,1-2H3. The van der Waals surface area contributed by atoms with Gasteiger partial charge in [0.15, 0.2) is 0 Å². The highest BCUT2D eigenvalue weighted by molar-refractivity contribution is 9.10. The molecule has 0 atom stereocenters. The lowest BCUT2D eigenvalue weighted by atomic mass is 10.2. The van der Waals surface area contributed by atoms with Crippen LogP contribution in [0.25, 0.3) is 0 Å². The molecule has 0 bridgehead atoms. The molecule has 0 aliphatic heterocycles. The minimum atomic E-state index is -3.19. The first-order valence-electron chi connectivity index (χ1n) is 5.28. The number of rotatable bonds is 6. The van der Waals surface area contributed by atoms with Crippen LogP contribution in [0.5, 0.6) is 5.75 Å². The van der Waals surface area contributed by atoms with Crippen molar-refractivity contribution in [1.29, 1.82) is 0 Å².